The minimum absolute atomic E-state index is 0.0251. The van der Waals surface area contributed by atoms with E-state index in [1.807, 2.05) is 42.5 Å². The van der Waals surface area contributed by atoms with Gasteiger partial charge in [0.1, 0.15) is 11.9 Å². The second-order valence-electron chi connectivity index (χ2n) is 7.02. The lowest BCUT2D eigenvalue weighted by atomic mass is 10.1. The number of hydrogen-bond acceptors (Lipinski definition) is 4. The molecule has 1 heterocycles. The zero-order valence-electron chi connectivity index (χ0n) is 16.8. The van der Waals surface area contributed by atoms with E-state index in [1.54, 1.807) is 24.0 Å². The van der Waals surface area contributed by atoms with Gasteiger partial charge in [-0.2, -0.15) is 0 Å². The number of ether oxygens (including phenoxy) is 2. The van der Waals surface area contributed by atoms with E-state index in [2.05, 4.69) is 5.32 Å². The summed E-state index contributed by atoms with van der Waals surface area (Å²) in [6.45, 7) is 4.00. The lowest BCUT2D eigenvalue weighted by molar-refractivity contribution is 0.0701. The zero-order chi connectivity index (χ0) is 20.5. The monoisotopic (exact) mass is 396 g/mol. The summed E-state index contributed by atoms with van der Waals surface area (Å²) < 4.78 is 11.1. The van der Waals surface area contributed by atoms with Gasteiger partial charge in [0.15, 0.2) is 0 Å². The molecule has 1 aliphatic rings. The van der Waals surface area contributed by atoms with Crippen molar-refractivity contribution in [2.24, 2.45) is 0 Å². The average Bonchev–Trinajstić information content (AvgIpc) is 2.75. The summed E-state index contributed by atoms with van der Waals surface area (Å²) in [6, 6.07) is 17.3. The predicted molar refractivity (Wildman–Crippen MR) is 111 cm³/mol. The number of carbonyl (C=O) groups is 2. The third-order valence-corrected chi connectivity index (χ3v) is 4.91. The van der Waals surface area contributed by atoms with E-state index in [9.17, 15) is 9.59 Å². The van der Waals surface area contributed by atoms with Crippen LogP contribution in [0.3, 0.4) is 0 Å². The summed E-state index contributed by atoms with van der Waals surface area (Å²) in [7, 11) is 0. The Morgan fingerprint density at radius 1 is 1.07 bits per heavy atom. The molecule has 0 spiro atoms. The first-order chi connectivity index (χ1) is 14.2. The van der Waals surface area contributed by atoms with Crippen molar-refractivity contribution >= 4 is 12.0 Å². The first-order valence-electron chi connectivity index (χ1n) is 10.2. The summed E-state index contributed by atoms with van der Waals surface area (Å²) >= 11 is 0. The fraction of sp³-hybridized carbons (Fsp3) is 0.391. The quantitative estimate of drug-likeness (QED) is 0.776. The normalized spacial score (nSPS) is 14.3. The molecule has 3 rings (SSSR count). The molecular weight excluding hydrogens is 368 g/mol. The summed E-state index contributed by atoms with van der Waals surface area (Å²) in [5.41, 5.74) is 1.78. The van der Waals surface area contributed by atoms with E-state index in [0.717, 1.165) is 19.3 Å². The Bertz CT molecular complexity index is 802. The summed E-state index contributed by atoms with van der Waals surface area (Å²) in [5.74, 6) is 0.568. The fourth-order valence-corrected chi connectivity index (χ4v) is 3.34. The van der Waals surface area contributed by atoms with Crippen LogP contribution in [0.5, 0.6) is 5.75 Å². The molecule has 6 heteroatoms. The molecule has 6 nitrogen and oxygen atoms in total. The van der Waals surface area contributed by atoms with Gasteiger partial charge in [0.25, 0.3) is 5.91 Å². The number of carbonyl (C=O) groups excluding carboxylic acids is 2. The van der Waals surface area contributed by atoms with Crippen LogP contribution >= 0.6 is 0 Å². The smallest absolute Gasteiger partial charge is 0.409 e. The Labute approximate surface area is 171 Å². The maximum atomic E-state index is 12.4. The molecule has 1 fully saturated rings. The highest BCUT2D eigenvalue weighted by Gasteiger charge is 2.24. The van der Waals surface area contributed by atoms with E-state index in [-0.39, 0.29) is 18.1 Å². The highest BCUT2D eigenvalue weighted by Crippen LogP contribution is 2.20. The van der Waals surface area contributed by atoms with Crippen LogP contribution in [-0.2, 0) is 11.2 Å². The second-order valence-corrected chi connectivity index (χ2v) is 7.02. The van der Waals surface area contributed by atoms with Crippen molar-refractivity contribution in [3.05, 3.63) is 65.7 Å². The van der Waals surface area contributed by atoms with Crippen molar-refractivity contribution < 1.29 is 19.1 Å². The third kappa shape index (κ3) is 6.24. The first-order valence-corrected chi connectivity index (χ1v) is 10.2. The molecule has 0 unspecified atom stereocenters. The van der Waals surface area contributed by atoms with Crippen LogP contribution in [0.15, 0.2) is 54.6 Å². The maximum Gasteiger partial charge on any atom is 0.409 e. The Hall–Kier alpha value is -3.02. The topological polar surface area (TPSA) is 67.9 Å². The summed E-state index contributed by atoms with van der Waals surface area (Å²) in [4.78, 5) is 25.9. The van der Waals surface area contributed by atoms with Gasteiger partial charge in [0.2, 0.25) is 0 Å². The number of nitrogens with one attached hydrogen (secondary N) is 1. The van der Waals surface area contributed by atoms with E-state index >= 15 is 0 Å². The first kappa shape index (κ1) is 20.7. The SMILES string of the molecule is CCOC(=O)N1CCC(Oc2cccc(C(=O)NCCc3ccccc3)c2)CC1. The van der Waals surface area contributed by atoms with E-state index in [0.29, 0.717) is 37.6 Å². The zero-order valence-corrected chi connectivity index (χ0v) is 16.8. The van der Waals surface area contributed by atoms with Crippen LogP contribution in [0.25, 0.3) is 0 Å². The standard InChI is InChI=1S/C23H28N2O4/c1-2-28-23(27)25-15-12-20(13-16-25)29-21-10-6-9-19(17-21)22(26)24-14-11-18-7-4-3-5-8-18/h3-10,17,20H,2,11-16H2,1H3,(H,24,26). The molecule has 0 aliphatic carbocycles. The van der Waals surface area contributed by atoms with Crippen molar-refractivity contribution in [2.45, 2.75) is 32.3 Å². The van der Waals surface area contributed by atoms with Crippen LogP contribution in [0.2, 0.25) is 0 Å². The summed E-state index contributed by atoms with van der Waals surface area (Å²) in [6.07, 6.45) is 2.04. The van der Waals surface area contributed by atoms with Crippen LogP contribution in [-0.4, -0.2) is 49.2 Å². The molecule has 1 saturated heterocycles. The molecule has 1 N–H and O–H groups in total. The maximum absolute atomic E-state index is 12.4. The van der Waals surface area contributed by atoms with Crippen molar-refractivity contribution in [1.29, 1.82) is 0 Å². The van der Waals surface area contributed by atoms with Gasteiger partial charge < -0.3 is 19.7 Å². The van der Waals surface area contributed by atoms with Crippen LogP contribution in [0, 0.1) is 0 Å². The van der Waals surface area contributed by atoms with Crippen LogP contribution < -0.4 is 10.1 Å². The van der Waals surface area contributed by atoms with Crippen molar-refractivity contribution in [3.63, 3.8) is 0 Å². The Kier molecular flexibility index (Phi) is 7.50. The van der Waals surface area contributed by atoms with Gasteiger partial charge >= 0.3 is 6.09 Å². The number of nitrogens with zero attached hydrogens (tertiary/aromatic N) is 1. The van der Waals surface area contributed by atoms with Crippen LogP contribution in [0.1, 0.15) is 35.7 Å². The molecule has 0 aromatic heterocycles. The molecule has 2 aromatic carbocycles. The largest absolute Gasteiger partial charge is 0.490 e. The number of rotatable bonds is 7. The minimum atomic E-state index is -0.264. The number of benzene rings is 2. The van der Waals surface area contributed by atoms with Crippen LogP contribution in [0.4, 0.5) is 4.79 Å². The molecule has 0 atom stereocenters. The van der Waals surface area contributed by atoms with Gasteiger partial charge in [0.05, 0.1) is 6.61 Å². The molecule has 154 valence electrons. The lowest BCUT2D eigenvalue weighted by Crippen LogP contribution is -2.42. The predicted octanol–water partition coefficient (Wildman–Crippen LogP) is 3.66. The van der Waals surface area contributed by atoms with Gasteiger partial charge in [-0.05, 0) is 37.1 Å². The third-order valence-electron chi connectivity index (χ3n) is 4.91. The number of amides is 2. The van der Waals surface area contributed by atoms with Gasteiger partial charge in [-0.3, -0.25) is 4.79 Å². The lowest BCUT2D eigenvalue weighted by Gasteiger charge is -2.31. The number of piperidine rings is 1. The molecule has 2 aromatic rings. The van der Waals surface area contributed by atoms with Gasteiger partial charge in [-0.25, -0.2) is 4.79 Å². The Morgan fingerprint density at radius 3 is 2.55 bits per heavy atom. The molecule has 0 radical (unpaired) electrons. The van der Waals surface area contributed by atoms with E-state index in [1.165, 1.54) is 5.56 Å². The molecule has 0 saturated carbocycles. The molecule has 2 amide bonds. The van der Waals surface area contributed by atoms with Gasteiger partial charge in [-0.15, -0.1) is 0 Å². The number of likely N-dealkylation sites (tertiary alicyclic amines) is 1. The Morgan fingerprint density at radius 2 is 1.83 bits per heavy atom. The minimum Gasteiger partial charge on any atom is -0.490 e. The van der Waals surface area contributed by atoms with Gasteiger partial charge in [-0.1, -0.05) is 36.4 Å². The summed E-state index contributed by atoms with van der Waals surface area (Å²) in [5, 5.41) is 2.96. The molecule has 1 aliphatic heterocycles. The van der Waals surface area contributed by atoms with Crippen molar-refractivity contribution in [2.75, 3.05) is 26.2 Å². The highest BCUT2D eigenvalue weighted by atomic mass is 16.6. The fourth-order valence-electron chi connectivity index (χ4n) is 3.34. The van der Waals surface area contributed by atoms with E-state index < -0.39 is 0 Å². The Balaban J connectivity index is 1.47. The van der Waals surface area contributed by atoms with Crippen molar-refractivity contribution in [3.8, 4) is 5.75 Å². The second kappa shape index (κ2) is 10.5. The molecule has 0 bridgehead atoms. The molecular formula is C23H28N2O4. The van der Waals surface area contributed by atoms with Crippen molar-refractivity contribution in [1.82, 2.24) is 10.2 Å². The van der Waals surface area contributed by atoms with Gasteiger partial charge in [0, 0.05) is 38.0 Å². The number of hydrogen-bond donors (Lipinski definition) is 1. The molecule has 29 heavy (non-hydrogen) atoms. The van der Waals surface area contributed by atoms with E-state index in [4.69, 9.17) is 9.47 Å². The average molecular weight is 396 g/mol. The highest BCUT2D eigenvalue weighted by molar-refractivity contribution is 5.94.